The van der Waals surface area contributed by atoms with Gasteiger partial charge >= 0.3 is 0 Å². The van der Waals surface area contributed by atoms with E-state index in [0.29, 0.717) is 35.1 Å². The largest absolute Gasteiger partial charge is 0.497 e. The molecule has 1 fully saturated rings. The number of halogens is 1. The average Bonchev–Trinajstić information content (AvgIpc) is 2.65. The molecule has 0 spiro atoms. The first kappa shape index (κ1) is 19.5. The summed E-state index contributed by atoms with van der Waals surface area (Å²) in [5.74, 6) is 0.102. The maximum atomic E-state index is 13.3. The lowest BCUT2D eigenvalue weighted by atomic mass is 10.0. The van der Waals surface area contributed by atoms with Gasteiger partial charge in [0.2, 0.25) is 15.9 Å². The third-order valence-corrected chi connectivity index (χ3v) is 7.57. The van der Waals surface area contributed by atoms with Gasteiger partial charge in [-0.2, -0.15) is 0 Å². The molecule has 3 rings (SSSR count). The maximum absolute atomic E-state index is 13.3. The Morgan fingerprint density at radius 1 is 1.15 bits per heavy atom. The Hall–Kier alpha value is -2.25. The van der Waals surface area contributed by atoms with E-state index in [0.717, 1.165) is 0 Å². The Balaban J connectivity index is 1.88. The molecule has 0 radical (unpaired) electrons. The van der Waals surface area contributed by atoms with Gasteiger partial charge in [0.1, 0.15) is 5.75 Å². The zero-order chi connectivity index (χ0) is 19.7. The lowest BCUT2D eigenvalue weighted by molar-refractivity contribution is -0.118. The van der Waals surface area contributed by atoms with Crippen LogP contribution in [0, 0.1) is 0 Å². The third-order valence-electron chi connectivity index (χ3n) is 4.82. The van der Waals surface area contributed by atoms with E-state index in [9.17, 15) is 13.2 Å². The fourth-order valence-corrected chi connectivity index (χ4v) is 5.16. The number of hydrogen-bond acceptors (Lipinski definition) is 4. The molecule has 1 aliphatic rings. The molecule has 6 nitrogen and oxygen atoms in total. The number of benzene rings is 2. The number of carbonyl (C=O) groups is 1. The predicted molar refractivity (Wildman–Crippen MR) is 107 cm³/mol. The van der Waals surface area contributed by atoms with E-state index in [1.54, 1.807) is 55.6 Å². The van der Waals surface area contributed by atoms with Crippen LogP contribution in [0.4, 0.5) is 11.4 Å². The summed E-state index contributed by atoms with van der Waals surface area (Å²) in [7, 11) is -2.36. The van der Waals surface area contributed by atoms with Crippen LogP contribution in [0.3, 0.4) is 0 Å². The van der Waals surface area contributed by atoms with Crippen molar-refractivity contribution in [2.45, 2.75) is 24.5 Å². The van der Waals surface area contributed by atoms with Crippen molar-refractivity contribution in [1.82, 2.24) is 0 Å². The Morgan fingerprint density at radius 2 is 1.78 bits per heavy atom. The molecule has 1 saturated heterocycles. The number of methoxy groups -OCH3 is 1. The van der Waals surface area contributed by atoms with Gasteiger partial charge in [0, 0.05) is 17.3 Å². The van der Waals surface area contributed by atoms with Crippen LogP contribution in [0.15, 0.2) is 48.5 Å². The summed E-state index contributed by atoms with van der Waals surface area (Å²) in [6, 6.07) is 13.3. The highest BCUT2D eigenvalue weighted by molar-refractivity contribution is 7.95. The summed E-state index contributed by atoms with van der Waals surface area (Å²) >= 11 is 5.90. The number of sulfonamides is 1. The summed E-state index contributed by atoms with van der Waals surface area (Å²) in [5.41, 5.74) is 1.02. The number of nitrogens with zero attached hydrogens (tertiary/aromatic N) is 1. The second-order valence-electron chi connectivity index (χ2n) is 6.57. The molecule has 1 unspecified atom stereocenters. The van der Waals surface area contributed by atoms with Crippen LogP contribution in [0.1, 0.15) is 19.8 Å². The van der Waals surface area contributed by atoms with Crippen molar-refractivity contribution in [1.29, 1.82) is 0 Å². The molecule has 1 atom stereocenters. The molecule has 144 valence electrons. The second-order valence-corrected chi connectivity index (χ2v) is 9.30. The SMILES string of the molecule is COc1ccc(NC(=O)C2(C)CCCN(c3ccc(Cl)cc3)S2(=O)=O)cc1. The molecule has 27 heavy (non-hydrogen) atoms. The van der Waals surface area contributed by atoms with Crippen LogP contribution in [-0.4, -0.2) is 32.7 Å². The molecule has 0 aromatic heterocycles. The minimum absolute atomic E-state index is 0.251. The average molecular weight is 409 g/mol. The molecule has 2 aromatic carbocycles. The monoisotopic (exact) mass is 408 g/mol. The minimum atomic E-state index is -3.91. The van der Waals surface area contributed by atoms with E-state index in [2.05, 4.69) is 5.32 Å². The molecule has 2 aromatic rings. The van der Waals surface area contributed by atoms with Crippen molar-refractivity contribution in [3.63, 3.8) is 0 Å². The van der Waals surface area contributed by atoms with Gasteiger partial charge in [-0.25, -0.2) is 8.42 Å². The van der Waals surface area contributed by atoms with Gasteiger partial charge in [-0.1, -0.05) is 11.6 Å². The number of rotatable bonds is 4. The minimum Gasteiger partial charge on any atom is -0.497 e. The van der Waals surface area contributed by atoms with Crippen molar-refractivity contribution in [3.8, 4) is 5.75 Å². The summed E-state index contributed by atoms with van der Waals surface area (Å²) in [4.78, 5) is 12.9. The van der Waals surface area contributed by atoms with Gasteiger partial charge in [0.25, 0.3) is 0 Å². The molecule has 0 saturated carbocycles. The van der Waals surface area contributed by atoms with E-state index in [1.165, 1.54) is 11.2 Å². The molecule has 1 N–H and O–H groups in total. The Labute approximate surface area is 164 Å². The number of nitrogens with one attached hydrogen (secondary N) is 1. The van der Waals surface area contributed by atoms with E-state index in [-0.39, 0.29) is 6.42 Å². The first-order chi connectivity index (χ1) is 12.8. The fourth-order valence-electron chi connectivity index (χ4n) is 3.10. The van der Waals surface area contributed by atoms with Gasteiger partial charge in [0.15, 0.2) is 4.75 Å². The molecule has 1 heterocycles. The summed E-state index contributed by atoms with van der Waals surface area (Å²) in [6.45, 7) is 1.80. The first-order valence-corrected chi connectivity index (χ1v) is 10.3. The summed E-state index contributed by atoms with van der Waals surface area (Å²) in [6.07, 6.45) is 0.829. The Bertz CT molecular complexity index is 929. The van der Waals surface area contributed by atoms with E-state index >= 15 is 0 Å². The number of ether oxygens (including phenoxy) is 1. The van der Waals surface area contributed by atoms with Crippen LogP contribution in [-0.2, 0) is 14.8 Å². The molecule has 1 amide bonds. The number of carbonyl (C=O) groups excluding carboxylic acids is 1. The highest BCUT2D eigenvalue weighted by Crippen LogP contribution is 2.36. The number of anilines is 2. The van der Waals surface area contributed by atoms with Crippen molar-refractivity contribution in [2.75, 3.05) is 23.3 Å². The normalized spacial score (nSPS) is 21.5. The molecular weight excluding hydrogens is 388 g/mol. The van der Waals surface area contributed by atoms with Crippen molar-refractivity contribution < 1.29 is 17.9 Å². The van der Waals surface area contributed by atoms with Crippen LogP contribution >= 0.6 is 11.6 Å². The van der Waals surface area contributed by atoms with Gasteiger partial charge in [0.05, 0.1) is 12.8 Å². The predicted octanol–water partition coefficient (Wildman–Crippen LogP) is 3.68. The second kappa shape index (κ2) is 7.40. The van der Waals surface area contributed by atoms with E-state index < -0.39 is 20.7 Å². The highest BCUT2D eigenvalue weighted by Gasteiger charge is 2.51. The molecule has 0 aliphatic carbocycles. The zero-order valence-corrected chi connectivity index (χ0v) is 16.7. The molecule has 0 bridgehead atoms. The van der Waals surface area contributed by atoms with E-state index in [4.69, 9.17) is 16.3 Å². The van der Waals surface area contributed by atoms with Crippen LogP contribution < -0.4 is 14.4 Å². The maximum Gasteiger partial charge on any atom is 0.249 e. The smallest absolute Gasteiger partial charge is 0.249 e. The van der Waals surface area contributed by atoms with Gasteiger partial charge in [-0.15, -0.1) is 0 Å². The van der Waals surface area contributed by atoms with Crippen molar-refractivity contribution >= 4 is 38.9 Å². The highest BCUT2D eigenvalue weighted by atomic mass is 35.5. The molecule has 1 aliphatic heterocycles. The summed E-state index contributed by atoms with van der Waals surface area (Å²) in [5, 5.41) is 3.24. The quantitative estimate of drug-likeness (QED) is 0.837. The van der Waals surface area contributed by atoms with E-state index in [1.807, 2.05) is 0 Å². The Kier molecular flexibility index (Phi) is 5.35. The lowest BCUT2D eigenvalue weighted by Gasteiger charge is -2.39. The third kappa shape index (κ3) is 3.61. The van der Waals surface area contributed by atoms with Crippen LogP contribution in [0.25, 0.3) is 0 Å². The first-order valence-electron chi connectivity index (χ1n) is 8.51. The van der Waals surface area contributed by atoms with Crippen molar-refractivity contribution in [2.24, 2.45) is 0 Å². The Morgan fingerprint density at radius 3 is 2.37 bits per heavy atom. The van der Waals surface area contributed by atoms with Crippen LogP contribution in [0.2, 0.25) is 5.02 Å². The summed E-state index contributed by atoms with van der Waals surface area (Å²) < 4.78 is 31.3. The number of hydrogen-bond donors (Lipinski definition) is 1. The van der Waals surface area contributed by atoms with Gasteiger partial charge in [-0.3, -0.25) is 9.10 Å². The zero-order valence-electron chi connectivity index (χ0n) is 15.1. The standard InChI is InChI=1S/C19H21ClN2O4S/c1-19(18(23)21-15-6-10-17(26-2)11-7-15)12-3-13-22(27(19,24)25)16-8-4-14(20)5-9-16/h4-11H,3,12-13H2,1-2H3,(H,21,23). The van der Waals surface area contributed by atoms with Crippen LogP contribution in [0.5, 0.6) is 5.75 Å². The van der Waals surface area contributed by atoms with Crippen molar-refractivity contribution in [3.05, 3.63) is 53.6 Å². The number of amides is 1. The van der Waals surface area contributed by atoms with Gasteiger partial charge in [-0.05, 0) is 68.3 Å². The fraction of sp³-hybridized carbons (Fsp3) is 0.316. The molecule has 8 heteroatoms. The molecular formula is C19H21ClN2O4S. The topological polar surface area (TPSA) is 75.7 Å². The van der Waals surface area contributed by atoms with Gasteiger partial charge < -0.3 is 10.1 Å². The lowest BCUT2D eigenvalue weighted by Crippen LogP contribution is -2.57.